The van der Waals surface area contributed by atoms with Gasteiger partial charge in [-0.3, -0.25) is 4.99 Å². The van der Waals surface area contributed by atoms with Crippen LogP contribution in [0.1, 0.15) is 36.3 Å². The number of thiophene rings is 1. The number of anilines is 1. The van der Waals surface area contributed by atoms with E-state index in [1.54, 1.807) is 0 Å². The molecule has 5 nitrogen and oxygen atoms in total. The lowest BCUT2D eigenvalue weighted by atomic mass is 10.1. The van der Waals surface area contributed by atoms with Crippen molar-refractivity contribution in [1.82, 2.24) is 15.6 Å². The van der Waals surface area contributed by atoms with Crippen LogP contribution in [0.3, 0.4) is 0 Å². The zero-order chi connectivity index (χ0) is 18.4. The number of nitrogens with zero attached hydrogens (tertiary/aromatic N) is 3. The number of rotatable bonds is 5. The Morgan fingerprint density at radius 1 is 1.30 bits per heavy atom. The molecule has 2 aromatic heterocycles. The van der Waals surface area contributed by atoms with E-state index in [1.807, 2.05) is 31.4 Å². The smallest absolute Gasteiger partial charge is 0.191 e. The van der Waals surface area contributed by atoms with Gasteiger partial charge in [0.25, 0.3) is 0 Å². The van der Waals surface area contributed by atoms with Crippen molar-refractivity contribution in [3.05, 3.63) is 46.3 Å². The van der Waals surface area contributed by atoms with Crippen molar-refractivity contribution in [2.75, 3.05) is 31.6 Å². The molecule has 0 amide bonds. The van der Waals surface area contributed by atoms with E-state index in [0.717, 1.165) is 49.9 Å². The maximum atomic E-state index is 4.64. The third kappa shape index (κ3) is 6.34. The van der Waals surface area contributed by atoms with Gasteiger partial charge in [-0.1, -0.05) is 19.1 Å². The SMILES string of the molecule is CN=C(NCC(C)c1cccs1)NC1CCN(c2cccc(C)n2)CC1.I. The molecule has 1 atom stereocenters. The summed E-state index contributed by atoms with van der Waals surface area (Å²) < 4.78 is 0. The second kappa shape index (κ2) is 10.8. The summed E-state index contributed by atoms with van der Waals surface area (Å²) in [6, 6.07) is 11.0. The fraction of sp³-hybridized carbons (Fsp3) is 0.500. The van der Waals surface area contributed by atoms with Gasteiger partial charge in [0.15, 0.2) is 5.96 Å². The maximum Gasteiger partial charge on any atom is 0.191 e. The van der Waals surface area contributed by atoms with Crippen molar-refractivity contribution in [1.29, 1.82) is 0 Å². The molecular formula is C20H30IN5S. The van der Waals surface area contributed by atoms with Crippen molar-refractivity contribution in [2.45, 2.75) is 38.6 Å². The fourth-order valence-electron chi connectivity index (χ4n) is 3.27. The molecule has 0 bridgehead atoms. The molecular weight excluding hydrogens is 469 g/mol. The summed E-state index contributed by atoms with van der Waals surface area (Å²) in [6.07, 6.45) is 2.19. The Morgan fingerprint density at radius 3 is 2.70 bits per heavy atom. The largest absolute Gasteiger partial charge is 0.356 e. The van der Waals surface area contributed by atoms with Gasteiger partial charge in [-0.2, -0.15) is 0 Å². The quantitative estimate of drug-likeness (QED) is 0.371. The molecule has 27 heavy (non-hydrogen) atoms. The van der Waals surface area contributed by atoms with Crippen LogP contribution in [0.5, 0.6) is 0 Å². The lowest BCUT2D eigenvalue weighted by Gasteiger charge is -2.34. The second-order valence-corrected chi connectivity index (χ2v) is 7.89. The first-order chi connectivity index (χ1) is 12.7. The topological polar surface area (TPSA) is 52.6 Å². The molecule has 0 radical (unpaired) electrons. The van der Waals surface area contributed by atoms with E-state index in [4.69, 9.17) is 0 Å². The van der Waals surface area contributed by atoms with E-state index in [0.29, 0.717) is 12.0 Å². The number of aliphatic imine (C=N–C) groups is 1. The van der Waals surface area contributed by atoms with Gasteiger partial charge in [0.2, 0.25) is 0 Å². The van der Waals surface area contributed by atoms with Crippen molar-refractivity contribution in [3.8, 4) is 0 Å². The maximum absolute atomic E-state index is 4.64. The van der Waals surface area contributed by atoms with E-state index in [2.05, 4.69) is 62.1 Å². The molecule has 3 rings (SSSR count). The summed E-state index contributed by atoms with van der Waals surface area (Å²) in [5.74, 6) is 2.49. The van der Waals surface area contributed by atoms with Crippen LogP contribution in [-0.2, 0) is 0 Å². The Kier molecular flexibility index (Phi) is 8.82. The predicted molar refractivity (Wildman–Crippen MR) is 127 cm³/mol. The Bertz CT molecular complexity index is 711. The van der Waals surface area contributed by atoms with E-state index in [-0.39, 0.29) is 24.0 Å². The number of piperidine rings is 1. The number of halogens is 1. The first-order valence-electron chi connectivity index (χ1n) is 9.35. The molecule has 0 aliphatic carbocycles. The zero-order valence-corrected chi connectivity index (χ0v) is 19.5. The molecule has 0 saturated carbocycles. The van der Waals surface area contributed by atoms with Crippen molar-refractivity contribution in [3.63, 3.8) is 0 Å². The molecule has 2 aromatic rings. The van der Waals surface area contributed by atoms with E-state index in [9.17, 15) is 0 Å². The Balaban J connectivity index is 0.00000261. The highest BCUT2D eigenvalue weighted by Gasteiger charge is 2.21. The molecule has 0 aromatic carbocycles. The zero-order valence-electron chi connectivity index (χ0n) is 16.3. The van der Waals surface area contributed by atoms with Gasteiger partial charge < -0.3 is 15.5 Å². The average Bonchev–Trinajstić information content (AvgIpc) is 3.20. The first kappa shape index (κ1) is 21.9. The molecule has 3 heterocycles. The number of guanidine groups is 1. The minimum atomic E-state index is 0. The first-order valence-corrected chi connectivity index (χ1v) is 10.2. The van der Waals surface area contributed by atoms with Crippen LogP contribution in [-0.4, -0.2) is 43.7 Å². The Labute approximate surface area is 183 Å². The number of hydrogen-bond acceptors (Lipinski definition) is 4. The lowest BCUT2D eigenvalue weighted by molar-refractivity contribution is 0.459. The second-order valence-electron chi connectivity index (χ2n) is 6.91. The van der Waals surface area contributed by atoms with E-state index < -0.39 is 0 Å². The van der Waals surface area contributed by atoms with Crippen molar-refractivity contribution < 1.29 is 0 Å². The normalized spacial score (nSPS) is 16.6. The van der Waals surface area contributed by atoms with E-state index >= 15 is 0 Å². The Morgan fingerprint density at radius 2 is 2.07 bits per heavy atom. The molecule has 148 valence electrons. The minimum Gasteiger partial charge on any atom is -0.356 e. The highest BCUT2D eigenvalue weighted by molar-refractivity contribution is 14.0. The number of aromatic nitrogens is 1. The van der Waals surface area contributed by atoms with Crippen LogP contribution in [0.25, 0.3) is 0 Å². The summed E-state index contributed by atoms with van der Waals surface area (Å²) >= 11 is 1.81. The summed E-state index contributed by atoms with van der Waals surface area (Å²) in [6.45, 7) is 7.24. The molecule has 1 unspecified atom stereocenters. The van der Waals surface area contributed by atoms with Gasteiger partial charge >= 0.3 is 0 Å². The van der Waals surface area contributed by atoms with Gasteiger partial charge in [-0.05, 0) is 43.3 Å². The van der Waals surface area contributed by atoms with Crippen LogP contribution in [0.4, 0.5) is 5.82 Å². The Hall–Kier alpha value is -1.35. The number of aryl methyl sites for hydroxylation is 1. The lowest BCUT2D eigenvalue weighted by Crippen LogP contribution is -2.49. The number of pyridine rings is 1. The van der Waals surface area contributed by atoms with Crippen LogP contribution >= 0.6 is 35.3 Å². The summed E-state index contributed by atoms with van der Waals surface area (Å²) in [5, 5.41) is 9.19. The molecule has 2 N–H and O–H groups in total. The fourth-order valence-corrected chi connectivity index (χ4v) is 4.05. The molecule has 0 spiro atoms. The number of nitrogens with one attached hydrogen (secondary N) is 2. The molecule has 1 saturated heterocycles. The van der Waals surface area contributed by atoms with Crippen LogP contribution in [0.15, 0.2) is 40.7 Å². The standard InChI is InChI=1S/C20H29N5S.HI/c1-15(18-7-5-13-26-18)14-22-20(21-3)24-17-9-11-25(12-10-17)19-8-4-6-16(2)23-19;/h4-8,13,15,17H,9-12,14H2,1-3H3,(H2,21,22,24);1H. The highest BCUT2D eigenvalue weighted by atomic mass is 127. The van der Waals surface area contributed by atoms with Gasteiger partial charge in [-0.25, -0.2) is 4.98 Å². The van der Waals surface area contributed by atoms with Crippen LogP contribution in [0, 0.1) is 6.92 Å². The van der Waals surface area contributed by atoms with Gasteiger partial charge in [0.1, 0.15) is 5.82 Å². The summed E-state index contributed by atoms with van der Waals surface area (Å²) in [7, 11) is 1.84. The average molecular weight is 499 g/mol. The third-order valence-corrected chi connectivity index (χ3v) is 5.97. The van der Waals surface area contributed by atoms with Crippen LogP contribution < -0.4 is 15.5 Å². The van der Waals surface area contributed by atoms with E-state index in [1.165, 1.54) is 4.88 Å². The monoisotopic (exact) mass is 499 g/mol. The molecule has 1 aliphatic heterocycles. The predicted octanol–water partition coefficient (Wildman–Crippen LogP) is 4.01. The molecule has 7 heteroatoms. The van der Waals surface area contributed by atoms with Crippen molar-refractivity contribution in [2.24, 2.45) is 4.99 Å². The van der Waals surface area contributed by atoms with Gasteiger partial charge in [-0.15, -0.1) is 35.3 Å². The molecule has 1 fully saturated rings. The number of hydrogen-bond donors (Lipinski definition) is 2. The minimum absolute atomic E-state index is 0. The van der Waals surface area contributed by atoms with Gasteiger partial charge in [0, 0.05) is 49.2 Å². The van der Waals surface area contributed by atoms with Crippen molar-refractivity contribution >= 4 is 47.1 Å². The van der Waals surface area contributed by atoms with Gasteiger partial charge in [0.05, 0.1) is 0 Å². The molecule has 1 aliphatic rings. The highest BCUT2D eigenvalue weighted by Crippen LogP contribution is 2.20. The third-order valence-electron chi connectivity index (χ3n) is 4.86. The van der Waals surface area contributed by atoms with Crippen LogP contribution in [0.2, 0.25) is 0 Å². The summed E-state index contributed by atoms with van der Waals surface area (Å²) in [5.41, 5.74) is 1.08. The summed E-state index contributed by atoms with van der Waals surface area (Å²) in [4.78, 5) is 12.8.